The van der Waals surface area contributed by atoms with Crippen molar-refractivity contribution in [2.45, 2.75) is 20.4 Å². The van der Waals surface area contributed by atoms with E-state index in [4.69, 9.17) is 4.74 Å². The van der Waals surface area contributed by atoms with Gasteiger partial charge < -0.3 is 4.74 Å². The molecule has 0 fully saturated rings. The van der Waals surface area contributed by atoms with Crippen LogP contribution < -0.4 is 4.57 Å². The summed E-state index contributed by atoms with van der Waals surface area (Å²) in [5, 5.41) is 0. The Morgan fingerprint density at radius 2 is 2.00 bits per heavy atom. The Labute approximate surface area is 129 Å². The maximum atomic E-state index is 11.5. The minimum atomic E-state index is -0.306. The molecule has 2 rings (SSSR count). The molecule has 1 aromatic carbocycles. The molecule has 0 saturated heterocycles. The van der Waals surface area contributed by atoms with E-state index < -0.39 is 0 Å². The lowest BCUT2D eigenvalue weighted by Gasteiger charge is -2.01. The number of aromatic nitrogens is 2. The summed E-state index contributed by atoms with van der Waals surface area (Å²) in [6, 6.07) is 7.23. The van der Waals surface area contributed by atoms with Crippen molar-refractivity contribution in [2.75, 3.05) is 6.61 Å². The lowest BCUT2D eigenvalue weighted by Crippen LogP contribution is -2.30. The summed E-state index contributed by atoms with van der Waals surface area (Å²) >= 11 is 0. The number of benzene rings is 1. The quantitative estimate of drug-likeness (QED) is 0.629. The number of rotatable bonds is 5. The average molecular weight is 299 g/mol. The van der Waals surface area contributed by atoms with Crippen LogP contribution in [-0.2, 0) is 11.3 Å². The van der Waals surface area contributed by atoms with Gasteiger partial charge in [0.05, 0.1) is 12.2 Å². The van der Waals surface area contributed by atoms with E-state index in [1.54, 1.807) is 31.6 Å². The van der Waals surface area contributed by atoms with Crippen molar-refractivity contribution >= 4 is 18.0 Å². The molecule has 0 amide bonds. The van der Waals surface area contributed by atoms with E-state index in [9.17, 15) is 9.59 Å². The van der Waals surface area contributed by atoms with E-state index in [2.05, 4.69) is 0 Å². The number of carbonyl (C=O) groups is 2. The Kier molecular flexibility index (Phi) is 5.25. The van der Waals surface area contributed by atoms with Crippen LogP contribution in [0.5, 0.6) is 0 Å². The van der Waals surface area contributed by atoms with Gasteiger partial charge in [0.1, 0.15) is 18.9 Å². The number of ether oxygens (including phenoxy) is 1. The predicted octanol–water partition coefficient (Wildman–Crippen LogP) is 2.33. The molecule has 0 aliphatic heterocycles. The summed E-state index contributed by atoms with van der Waals surface area (Å²) in [6.07, 6.45) is 9.27. The third-order valence-corrected chi connectivity index (χ3v) is 3.10. The summed E-state index contributed by atoms with van der Waals surface area (Å²) in [4.78, 5) is 22.7. The van der Waals surface area contributed by atoms with E-state index >= 15 is 0 Å². The van der Waals surface area contributed by atoms with Crippen molar-refractivity contribution < 1.29 is 18.9 Å². The molecule has 0 radical (unpaired) electrons. The second-order valence-corrected chi connectivity index (χ2v) is 4.78. The highest BCUT2D eigenvalue weighted by molar-refractivity contribution is 5.89. The van der Waals surface area contributed by atoms with E-state index in [0.29, 0.717) is 18.7 Å². The van der Waals surface area contributed by atoms with Crippen LogP contribution in [0.15, 0.2) is 49.1 Å². The van der Waals surface area contributed by atoms with Crippen molar-refractivity contribution in [2.24, 2.45) is 0 Å². The van der Waals surface area contributed by atoms with Gasteiger partial charge in [0, 0.05) is 6.92 Å². The van der Waals surface area contributed by atoms with E-state index in [1.807, 2.05) is 35.0 Å². The SMILES string of the molecule is CCOC(=O)c1ccc(C=CC[n+]2ccn(C(C)=O)c2)cc1. The number of imidazole rings is 1. The third-order valence-electron chi connectivity index (χ3n) is 3.10. The molecule has 5 heteroatoms. The summed E-state index contributed by atoms with van der Waals surface area (Å²) in [5.41, 5.74) is 1.55. The molecule has 0 unspecified atom stereocenters. The highest BCUT2D eigenvalue weighted by Crippen LogP contribution is 2.07. The fourth-order valence-corrected chi connectivity index (χ4v) is 1.94. The van der Waals surface area contributed by atoms with Crippen LogP contribution in [0.25, 0.3) is 6.08 Å². The average Bonchev–Trinajstić information content (AvgIpc) is 2.97. The monoisotopic (exact) mass is 299 g/mol. The molecule has 1 aromatic heterocycles. The predicted molar refractivity (Wildman–Crippen MR) is 82.4 cm³/mol. The third kappa shape index (κ3) is 4.15. The lowest BCUT2D eigenvalue weighted by molar-refractivity contribution is -0.686. The molecule has 22 heavy (non-hydrogen) atoms. The standard InChI is InChI=1S/C17H19N2O3/c1-3-22-17(21)16-8-6-15(7-9-16)5-4-10-18-11-12-19(13-18)14(2)20/h4-9,11-13H,3,10H2,1-2H3/q+1. The number of esters is 1. The number of carbonyl (C=O) groups excluding carboxylic acids is 2. The number of hydrogen-bond acceptors (Lipinski definition) is 3. The smallest absolute Gasteiger partial charge is 0.338 e. The van der Waals surface area contributed by atoms with Crippen LogP contribution in [0.2, 0.25) is 0 Å². The van der Waals surface area contributed by atoms with E-state index in [0.717, 1.165) is 5.56 Å². The van der Waals surface area contributed by atoms with Crippen LogP contribution in [-0.4, -0.2) is 23.1 Å². The van der Waals surface area contributed by atoms with Gasteiger partial charge in [-0.1, -0.05) is 18.2 Å². The first kappa shape index (κ1) is 15.7. The molecule has 114 valence electrons. The molecule has 1 heterocycles. The van der Waals surface area contributed by atoms with Crippen LogP contribution >= 0.6 is 0 Å². The van der Waals surface area contributed by atoms with Gasteiger partial charge in [-0.2, -0.15) is 4.57 Å². The van der Waals surface area contributed by atoms with Gasteiger partial charge in [-0.3, -0.25) is 0 Å². The van der Waals surface area contributed by atoms with Crippen LogP contribution in [0, 0.1) is 0 Å². The molecule has 0 spiro atoms. The Morgan fingerprint density at radius 3 is 2.59 bits per heavy atom. The lowest BCUT2D eigenvalue weighted by atomic mass is 10.1. The zero-order valence-electron chi connectivity index (χ0n) is 12.7. The van der Waals surface area contributed by atoms with Gasteiger partial charge in [-0.05, 0) is 30.7 Å². The summed E-state index contributed by atoms with van der Waals surface area (Å²) in [5.74, 6) is -0.323. The van der Waals surface area contributed by atoms with Crippen molar-refractivity contribution in [3.8, 4) is 0 Å². The van der Waals surface area contributed by atoms with Crippen molar-refractivity contribution in [3.63, 3.8) is 0 Å². The summed E-state index contributed by atoms with van der Waals surface area (Å²) in [6.45, 7) is 4.34. The van der Waals surface area contributed by atoms with Crippen LogP contribution in [0.4, 0.5) is 0 Å². The minimum absolute atomic E-state index is 0.0164. The molecule has 0 saturated carbocycles. The van der Waals surface area contributed by atoms with E-state index in [-0.39, 0.29) is 11.9 Å². The zero-order valence-corrected chi connectivity index (χ0v) is 12.7. The molecule has 2 aromatic rings. The highest BCUT2D eigenvalue weighted by atomic mass is 16.5. The zero-order chi connectivity index (χ0) is 15.9. The van der Waals surface area contributed by atoms with Gasteiger partial charge in [0.2, 0.25) is 0 Å². The number of allylic oxidation sites excluding steroid dienone is 1. The molecule has 0 bridgehead atoms. The molecular weight excluding hydrogens is 280 g/mol. The Hall–Kier alpha value is -2.69. The van der Waals surface area contributed by atoms with E-state index in [1.165, 1.54) is 11.5 Å². The highest BCUT2D eigenvalue weighted by Gasteiger charge is 2.06. The fourth-order valence-electron chi connectivity index (χ4n) is 1.94. The minimum Gasteiger partial charge on any atom is -0.462 e. The first-order valence-electron chi connectivity index (χ1n) is 7.12. The maximum Gasteiger partial charge on any atom is 0.338 e. The summed E-state index contributed by atoms with van der Waals surface area (Å²) < 4.78 is 8.38. The number of nitrogens with zero attached hydrogens (tertiary/aromatic N) is 2. The molecule has 0 N–H and O–H groups in total. The van der Waals surface area contributed by atoms with Crippen molar-refractivity contribution in [1.29, 1.82) is 0 Å². The van der Waals surface area contributed by atoms with Gasteiger partial charge in [-0.25, -0.2) is 14.2 Å². The first-order valence-corrected chi connectivity index (χ1v) is 7.12. The largest absolute Gasteiger partial charge is 0.462 e. The number of hydrogen-bond donors (Lipinski definition) is 0. The molecule has 0 aliphatic rings. The van der Waals surface area contributed by atoms with Gasteiger partial charge in [0.15, 0.2) is 0 Å². The van der Waals surface area contributed by atoms with Crippen LogP contribution in [0.3, 0.4) is 0 Å². The Balaban J connectivity index is 1.95. The normalized spacial score (nSPS) is 10.8. The fraction of sp³-hybridized carbons (Fsp3) is 0.235. The first-order chi connectivity index (χ1) is 10.6. The van der Waals surface area contributed by atoms with Gasteiger partial charge in [-0.15, -0.1) is 0 Å². The Morgan fingerprint density at radius 1 is 1.27 bits per heavy atom. The molecular formula is C17H19N2O3+. The van der Waals surface area contributed by atoms with Crippen LogP contribution in [0.1, 0.15) is 34.6 Å². The molecule has 0 aliphatic carbocycles. The topological polar surface area (TPSA) is 52.2 Å². The Bertz CT molecular complexity index is 684. The maximum absolute atomic E-state index is 11.5. The molecule has 5 nitrogen and oxygen atoms in total. The van der Waals surface area contributed by atoms with Crippen molar-refractivity contribution in [1.82, 2.24) is 4.57 Å². The summed E-state index contributed by atoms with van der Waals surface area (Å²) in [7, 11) is 0. The van der Waals surface area contributed by atoms with Gasteiger partial charge >= 0.3 is 11.9 Å². The van der Waals surface area contributed by atoms with Gasteiger partial charge in [0.25, 0.3) is 6.33 Å². The molecule has 0 atom stereocenters. The second kappa shape index (κ2) is 7.36. The second-order valence-electron chi connectivity index (χ2n) is 4.78. The van der Waals surface area contributed by atoms with Crippen molar-refractivity contribution in [3.05, 3.63) is 60.2 Å².